The lowest BCUT2D eigenvalue weighted by Gasteiger charge is -2.38. The first-order chi connectivity index (χ1) is 12.5. The molecule has 0 radical (unpaired) electrons. The molecule has 0 bridgehead atoms. The molecule has 2 saturated heterocycles. The van der Waals surface area contributed by atoms with E-state index in [1.807, 2.05) is 23.6 Å². The van der Waals surface area contributed by atoms with Crippen molar-refractivity contribution in [1.82, 2.24) is 14.7 Å². The van der Waals surface area contributed by atoms with Gasteiger partial charge in [-0.15, -0.1) is 0 Å². The van der Waals surface area contributed by atoms with Gasteiger partial charge in [0, 0.05) is 45.7 Å². The molecule has 3 fully saturated rings. The SMILES string of the molecule is CC1CN(C(=O)CN2CCN(C(=O)CCC3CCCC3)CC2)CC(C)O1. The maximum atomic E-state index is 12.6. The Kier molecular flexibility index (Phi) is 6.92. The molecule has 3 aliphatic rings. The predicted molar refractivity (Wildman–Crippen MR) is 101 cm³/mol. The van der Waals surface area contributed by atoms with E-state index in [2.05, 4.69) is 4.90 Å². The zero-order valence-corrected chi connectivity index (χ0v) is 16.5. The summed E-state index contributed by atoms with van der Waals surface area (Å²) in [5, 5.41) is 0. The average Bonchev–Trinajstić information content (AvgIpc) is 3.13. The van der Waals surface area contributed by atoms with Gasteiger partial charge < -0.3 is 14.5 Å². The van der Waals surface area contributed by atoms with Gasteiger partial charge in [0.25, 0.3) is 0 Å². The number of piperazine rings is 1. The summed E-state index contributed by atoms with van der Waals surface area (Å²) in [7, 11) is 0. The number of nitrogens with zero attached hydrogens (tertiary/aromatic N) is 3. The van der Waals surface area contributed by atoms with Gasteiger partial charge in [0.2, 0.25) is 11.8 Å². The fourth-order valence-electron chi connectivity index (χ4n) is 4.61. The van der Waals surface area contributed by atoms with Crippen molar-refractivity contribution in [2.75, 3.05) is 45.8 Å². The van der Waals surface area contributed by atoms with E-state index in [1.165, 1.54) is 25.7 Å². The minimum absolute atomic E-state index is 0.108. The Balaban J connectivity index is 1.36. The molecule has 2 atom stereocenters. The number of hydrogen-bond donors (Lipinski definition) is 0. The topological polar surface area (TPSA) is 53.1 Å². The van der Waals surface area contributed by atoms with Crippen LogP contribution in [0, 0.1) is 5.92 Å². The van der Waals surface area contributed by atoms with Gasteiger partial charge in [-0.25, -0.2) is 0 Å². The van der Waals surface area contributed by atoms with Crippen LogP contribution in [0.15, 0.2) is 0 Å². The van der Waals surface area contributed by atoms with Crippen LogP contribution in [-0.2, 0) is 14.3 Å². The zero-order chi connectivity index (χ0) is 18.5. The van der Waals surface area contributed by atoms with Crippen molar-refractivity contribution in [3.05, 3.63) is 0 Å². The van der Waals surface area contributed by atoms with E-state index in [9.17, 15) is 9.59 Å². The Labute approximate surface area is 157 Å². The first-order valence-electron chi connectivity index (χ1n) is 10.4. The monoisotopic (exact) mass is 365 g/mol. The van der Waals surface area contributed by atoms with Crippen LogP contribution in [0.4, 0.5) is 0 Å². The summed E-state index contributed by atoms with van der Waals surface area (Å²) in [4.78, 5) is 31.1. The van der Waals surface area contributed by atoms with Crippen LogP contribution in [0.5, 0.6) is 0 Å². The van der Waals surface area contributed by atoms with E-state index >= 15 is 0 Å². The molecule has 3 rings (SSSR count). The first kappa shape index (κ1) is 19.6. The molecule has 0 spiro atoms. The van der Waals surface area contributed by atoms with Crippen LogP contribution in [0.2, 0.25) is 0 Å². The second-order valence-corrected chi connectivity index (χ2v) is 8.40. The molecular weight excluding hydrogens is 330 g/mol. The molecular formula is C20H35N3O3. The number of amides is 2. The molecule has 1 saturated carbocycles. The van der Waals surface area contributed by atoms with Gasteiger partial charge in [-0.2, -0.15) is 0 Å². The Morgan fingerprint density at radius 3 is 2.12 bits per heavy atom. The predicted octanol–water partition coefficient (Wildman–Crippen LogP) is 1.74. The minimum atomic E-state index is 0.108. The molecule has 0 aromatic carbocycles. The van der Waals surface area contributed by atoms with Gasteiger partial charge in [-0.1, -0.05) is 25.7 Å². The molecule has 26 heavy (non-hydrogen) atoms. The molecule has 0 aromatic heterocycles. The summed E-state index contributed by atoms with van der Waals surface area (Å²) in [5.41, 5.74) is 0. The number of morpholine rings is 1. The molecule has 6 heteroatoms. The second kappa shape index (κ2) is 9.18. The largest absolute Gasteiger partial charge is 0.372 e. The minimum Gasteiger partial charge on any atom is -0.372 e. The van der Waals surface area contributed by atoms with E-state index in [1.54, 1.807) is 0 Å². The van der Waals surface area contributed by atoms with Gasteiger partial charge in [0.15, 0.2) is 0 Å². The third-order valence-electron chi connectivity index (χ3n) is 6.10. The Morgan fingerprint density at radius 1 is 0.885 bits per heavy atom. The smallest absolute Gasteiger partial charge is 0.236 e. The number of rotatable bonds is 5. The zero-order valence-electron chi connectivity index (χ0n) is 16.5. The van der Waals surface area contributed by atoms with Crippen molar-refractivity contribution in [2.45, 2.75) is 64.6 Å². The molecule has 2 unspecified atom stereocenters. The Bertz CT molecular complexity index is 475. The third-order valence-corrected chi connectivity index (χ3v) is 6.10. The van der Waals surface area contributed by atoms with Gasteiger partial charge in [0.1, 0.15) is 0 Å². The fourth-order valence-corrected chi connectivity index (χ4v) is 4.61. The highest BCUT2D eigenvalue weighted by molar-refractivity contribution is 5.79. The van der Waals surface area contributed by atoms with E-state index in [-0.39, 0.29) is 18.1 Å². The second-order valence-electron chi connectivity index (χ2n) is 8.40. The fraction of sp³-hybridized carbons (Fsp3) is 0.900. The van der Waals surface area contributed by atoms with Crippen LogP contribution in [0.25, 0.3) is 0 Å². The highest BCUT2D eigenvalue weighted by Gasteiger charge is 2.28. The van der Waals surface area contributed by atoms with E-state index in [0.29, 0.717) is 32.0 Å². The van der Waals surface area contributed by atoms with Crippen molar-refractivity contribution >= 4 is 11.8 Å². The number of carbonyl (C=O) groups excluding carboxylic acids is 2. The van der Waals surface area contributed by atoms with Crippen molar-refractivity contribution in [3.63, 3.8) is 0 Å². The van der Waals surface area contributed by atoms with E-state index in [4.69, 9.17) is 4.74 Å². The highest BCUT2D eigenvalue weighted by atomic mass is 16.5. The highest BCUT2D eigenvalue weighted by Crippen LogP contribution is 2.28. The van der Waals surface area contributed by atoms with Crippen molar-refractivity contribution in [3.8, 4) is 0 Å². The van der Waals surface area contributed by atoms with Crippen LogP contribution in [-0.4, -0.2) is 84.5 Å². The molecule has 2 amide bonds. The van der Waals surface area contributed by atoms with Crippen molar-refractivity contribution in [1.29, 1.82) is 0 Å². The van der Waals surface area contributed by atoms with Gasteiger partial charge in [-0.05, 0) is 26.2 Å². The van der Waals surface area contributed by atoms with E-state index in [0.717, 1.165) is 38.5 Å². The maximum Gasteiger partial charge on any atom is 0.236 e. The van der Waals surface area contributed by atoms with Gasteiger partial charge in [-0.3, -0.25) is 14.5 Å². The van der Waals surface area contributed by atoms with Gasteiger partial charge >= 0.3 is 0 Å². The van der Waals surface area contributed by atoms with E-state index < -0.39 is 0 Å². The normalized spacial score (nSPS) is 28.5. The van der Waals surface area contributed by atoms with Crippen molar-refractivity contribution < 1.29 is 14.3 Å². The molecule has 0 aromatic rings. The molecule has 1 aliphatic carbocycles. The molecule has 6 nitrogen and oxygen atoms in total. The number of hydrogen-bond acceptors (Lipinski definition) is 4. The van der Waals surface area contributed by atoms with Crippen LogP contribution in [0.3, 0.4) is 0 Å². The molecule has 0 N–H and O–H groups in total. The molecule has 2 aliphatic heterocycles. The van der Waals surface area contributed by atoms with Crippen LogP contribution < -0.4 is 0 Å². The Hall–Kier alpha value is -1.14. The number of ether oxygens (including phenoxy) is 1. The van der Waals surface area contributed by atoms with Crippen molar-refractivity contribution in [2.24, 2.45) is 5.92 Å². The van der Waals surface area contributed by atoms with Crippen LogP contribution >= 0.6 is 0 Å². The number of carbonyl (C=O) groups is 2. The van der Waals surface area contributed by atoms with Gasteiger partial charge in [0.05, 0.1) is 18.8 Å². The third kappa shape index (κ3) is 5.43. The summed E-state index contributed by atoms with van der Waals surface area (Å²) >= 11 is 0. The lowest BCUT2D eigenvalue weighted by atomic mass is 10.0. The first-order valence-corrected chi connectivity index (χ1v) is 10.4. The summed E-state index contributed by atoms with van der Waals surface area (Å²) in [6, 6.07) is 0. The molecule has 2 heterocycles. The quantitative estimate of drug-likeness (QED) is 0.745. The summed E-state index contributed by atoms with van der Waals surface area (Å²) < 4.78 is 5.71. The standard InChI is InChI=1S/C20H35N3O3/c1-16-13-23(14-17(2)26-16)20(25)15-21-9-11-22(12-10-21)19(24)8-7-18-5-3-4-6-18/h16-18H,3-15H2,1-2H3. The molecule has 148 valence electrons. The summed E-state index contributed by atoms with van der Waals surface area (Å²) in [5.74, 6) is 1.27. The van der Waals surface area contributed by atoms with Crippen LogP contribution in [0.1, 0.15) is 52.4 Å². The Morgan fingerprint density at radius 2 is 1.50 bits per heavy atom. The summed E-state index contributed by atoms with van der Waals surface area (Å²) in [6.45, 7) is 8.99. The maximum absolute atomic E-state index is 12.6. The summed E-state index contributed by atoms with van der Waals surface area (Å²) in [6.07, 6.45) is 7.27. The average molecular weight is 366 g/mol. The lowest BCUT2D eigenvalue weighted by Crippen LogP contribution is -2.54. The lowest BCUT2D eigenvalue weighted by molar-refractivity contribution is -0.145.